The molecule has 0 saturated heterocycles. The third-order valence-electron chi connectivity index (χ3n) is 5.34. The Hall–Kier alpha value is -3.77. The molecule has 0 atom stereocenters. The van der Waals surface area contributed by atoms with Gasteiger partial charge >= 0.3 is 5.63 Å². The van der Waals surface area contributed by atoms with E-state index >= 15 is 0 Å². The van der Waals surface area contributed by atoms with Crippen LogP contribution in [0.4, 0.5) is 5.13 Å². The van der Waals surface area contributed by atoms with Gasteiger partial charge in [-0.25, -0.2) is 9.78 Å². The number of fused-ring (bicyclic) bond motifs is 2. The van der Waals surface area contributed by atoms with Crippen molar-refractivity contribution < 1.29 is 9.21 Å². The number of carbonyl (C=O) groups is 1. The second kappa shape index (κ2) is 8.05. The summed E-state index contributed by atoms with van der Waals surface area (Å²) in [5.74, 6) is -0.429. The van der Waals surface area contributed by atoms with Crippen LogP contribution in [0.3, 0.4) is 0 Å². The highest BCUT2D eigenvalue weighted by molar-refractivity contribution is 7.22. The van der Waals surface area contributed by atoms with Crippen molar-refractivity contribution in [2.45, 2.75) is 20.4 Å². The molecule has 0 fully saturated rings. The highest BCUT2D eigenvalue weighted by atomic mass is 32.1. The molecule has 6 heteroatoms. The largest absolute Gasteiger partial charge is 0.422 e. The summed E-state index contributed by atoms with van der Waals surface area (Å²) < 4.78 is 6.45. The standard InChI is InChI=1S/C26H20N2O3S/c1-16-12-17(2)23-21(13-16)27-26(32-23)28(15-18-8-4-3-5-9-18)24(29)20-14-19-10-6-7-11-22(19)31-25(20)30/h3-14H,15H2,1-2H3. The predicted molar refractivity (Wildman–Crippen MR) is 129 cm³/mol. The maximum atomic E-state index is 13.7. The Bertz CT molecular complexity index is 1520. The molecule has 2 aromatic heterocycles. The fraction of sp³-hybridized carbons (Fsp3) is 0.115. The zero-order valence-corrected chi connectivity index (χ0v) is 18.5. The van der Waals surface area contributed by atoms with E-state index < -0.39 is 11.5 Å². The topological polar surface area (TPSA) is 63.4 Å². The number of amides is 1. The Labute approximate surface area is 188 Å². The molecular formula is C26H20N2O3S. The summed E-state index contributed by atoms with van der Waals surface area (Å²) in [4.78, 5) is 32.7. The predicted octanol–water partition coefficient (Wildman–Crippen LogP) is 5.87. The van der Waals surface area contributed by atoms with Crippen molar-refractivity contribution in [2.75, 3.05) is 4.90 Å². The second-order valence-corrected chi connectivity index (χ2v) is 8.77. The fourth-order valence-electron chi connectivity index (χ4n) is 3.83. The average molecular weight is 441 g/mol. The fourth-order valence-corrected chi connectivity index (χ4v) is 4.84. The van der Waals surface area contributed by atoms with Gasteiger partial charge in [-0.1, -0.05) is 65.9 Å². The molecule has 0 saturated carbocycles. The summed E-state index contributed by atoms with van der Waals surface area (Å²) in [6, 6.07) is 22.6. The number of aromatic nitrogens is 1. The van der Waals surface area contributed by atoms with Crippen molar-refractivity contribution in [1.82, 2.24) is 4.98 Å². The van der Waals surface area contributed by atoms with E-state index in [0.717, 1.165) is 26.9 Å². The molecule has 1 amide bonds. The van der Waals surface area contributed by atoms with E-state index in [0.29, 0.717) is 22.6 Å². The molecule has 2 heterocycles. The SMILES string of the molecule is Cc1cc(C)c2sc(N(Cc3ccccc3)C(=O)c3cc4ccccc4oc3=O)nc2c1. The first kappa shape index (κ1) is 20.2. The molecule has 0 aliphatic heterocycles. The normalized spacial score (nSPS) is 11.2. The maximum absolute atomic E-state index is 13.7. The average Bonchev–Trinajstić information content (AvgIpc) is 3.21. The Balaban J connectivity index is 1.65. The van der Waals surface area contributed by atoms with Gasteiger partial charge in [0.2, 0.25) is 0 Å². The van der Waals surface area contributed by atoms with Crippen molar-refractivity contribution >= 4 is 43.6 Å². The Morgan fingerprint density at radius 3 is 2.56 bits per heavy atom. The number of hydrogen-bond acceptors (Lipinski definition) is 5. The summed E-state index contributed by atoms with van der Waals surface area (Å²) in [5.41, 5.74) is 3.81. The number of hydrogen-bond donors (Lipinski definition) is 0. The van der Waals surface area contributed by atoms with Crippen molar-refractivity contribution in [2.24, 2.45) is 0 Å². The van der Waals surface area contributed by atoms with Gasteiger partial charge in [-0.15, -0.1) is 0 Å². The quantitative estimate of drug-likeness (QED) is 0.328. The van der Waals surface area contributed by atoms with Crippen LogP contribution in [0.5, 0.6) is 0 Å². The minimum absolute atomic E-state index is 0.00760. The molecule has 5 rings (SSSR count). The first-order valence-electron chi connectivity index (χ1n) is 10.3. The number of benzene rings is 3. The molecule has 3 aromatic carbocycles. The molecule has 0 N–H and O–H groups in total. The van der Waals surface area contributed by atoms with Crippen LogP contribution in [0.2, 0.25) is 0 Å². The van der Waals surface area contributed by atoms with Crippen molar-refractivity contribution in [3.63, 3.8) is 0 Å². The van der Waals surface area contributed by atoms with E-state index in [1.54, 1.807) is 23.1 Å². The van der Waals surface area contributed by atoms with Gasteiger partial charge in [0.05, 0.1) is 16.8 Å². The summed E-state index contributed by atoms with van der Waals surface area (Å²) >= 11 is 1.45. The summed E-state index contributed by atoms with van der Waals surface area (Å²) in [5, 5.41) is 1.25. The van der Waals surface area contributed by atoms with Crippen LogP contribution in [0.25, 0.3) is 21.2 Å². The zero-order chi connectivity index (χ0) is 22.2. The third-order valence-corrected chi connectivity index (χ3v) is 6.57. The first-order valence-corrected chi connectivity index (χ1v) is 11.1. The highest BCUT2D eigenvalue weighted by Crippen LogP contribution is 2.33. The lowest BCUT2D eigenvalue weighted by molar-refractivity contribution is 0.0981. The molecule has 0 unspecified atom stereocenters. The lowest BCUT2D eigenvalue weighted by atomic mass is 10.1. The van der Waals surface area contributed by atoms with E-state index in [2.05, 4.69) is 6.07 Å². The van der Waals surface area contributed by atoms with Crippen LogP contribution in [0.15, 0.2) is 82.0 Å². The van der Waals surface area contributed by atoms with Crippen LogP contribution >= 0.6 is 11.3 Å². The zero-order valence-electron chi connectivity index (χ0n) is 17.7. The van der Waals surface area contributed by atoms with Crippen LogP contribution in [0.1, 0.15) is 27.0 Å². The molecule has 0 radical (unpaired) electrons. The van der Waals surface area contributed by atoms with Gasteiger partial charge in [0, 0.05) is 5.39 Å². The van der Waals surface area contributed by atoms with Gasteiger partial charge in [-0.05, 0) is 48.7 Å². The van der Waals surface area contributed by atoms with E-state index in [1.165, 1.54) is 11.3 Å². The number of para-hydroxylation sites is 1. The van der Waals surface area contributed by atoms with Crippen molar-refractivity contribution in [1.29, 1.82) is 0 Å². The summed E-state index contributed by atoms with van der Waals surface area (Å²) in [6.07, 6.45) is 0. The molecular weight excluding hydrogens is 420 g/mol. The van der Waals surface area contributed by atoms with Gasteiger partial charge in [0.1, 0.15) is 11.1 Å². The van der Waals surface area contributed by atoms with E-state index in [9.17, 15) is 9.59 Å². The van der Waals surface area contributed by atoms with Gasteiger partial charge in [-0.2, -0.15) is 0 Å². The molecule has 5 nitrogen and oxygen atoms in total. The first-order chi connectivity index (χ1) is 15.5. The Morgan fingerprint density at radius 1 is 1.00 bits per heavy atom. The Kier molecular flexibility index (Phi) is 5.07. The summed E-state index contributed by atoms with van der Waals surface area (Å²) in [7, 11) is 0. The Morgan fingerprint density at radius 2 is 1.75 bits per heavy atom. The molecule has 158 valence electrons. The molecule has 0 spiro atoms. The number of anilines is 1. The molecule has 32 heavy (non-hydrogen) atoms. The van der Waals surface area contributed by atoms with E-state index in [4.69, 9.17) is 9.40 Å². The van der Waals surface area contributed by atoms with Crippen LogP contribution in [-0.4, -0.2) is 10.9 Å². The number of aryl methyl sites for hydroxylation is 2. The molecule has 0 aliphatic rings. The number of thiazole rings is 1. The maximum Gasteiger partial charge on any atom is 0.349 e. The highest BCUT2D eigenvalue weighted by Gasteiger charge is 2.25. The monoisotopic (exact) mass is 440 g/mol. The van der Waals surface area contributed by atoms with E-state index in [1.807, 2.05) is 62.4 Å². The van der Waals surface area contributed by atoms with Gasteiger partial charge in [0.15, 0.2) is 5.13 Å². The van der Waals surface area contributed by atoms with Crippen LogP contribution in [0, 0.1) is 13.8 Å². The molecule has 0 aliphatic carbocycles. The lowest BCUT2D eigenvalue weighted by Gasteiger charge is -2.19. The van der Waals surface area contributed by atoms with E-state index in [-0.39, 0.29) is 5.56 Å². The van der Waals surface area contributed by atoms with Crippen LogP contribution < -0.4 is 10.5 Å². The van der Waals surface area contributed by atoms with Crippen molar-refractivity contribution in [3.05, 3.63) is 105 Å². The lowest BCUT2D eigenvalue weighted by Crippen LogP contribution is -2.33. The molecule has 5 aromatic rings. The summed E-state index contributed by atoms with van der Waals surface area (Å²) in [6.45, 7) is 4.36. The van der Waals surface area contributed by atoms with Crippen LogP contribution in [-0.2, 0) is 6.54 Å². The number of rotatable bonds is 4. The molecule has 0 bridgehead atoms. The minimum atomic E-state index is -0.653. The van der Waals surface area contributed by atoms with Gasteiger partial charge in [0.25, 0.3) is 5.91 Å². The van der Waals surface area contributed by atoms with Gasteiger partial charge < -0.3 is 4.42 Å². The second-order valence-electron chi connectivity index (χ2n) is 7.79. The minimum Gasteiger partial charge on any atom is -0.422 e. The number of nitrogens with zero attached hydrogens (tertiary/aromatic N) is 2. The third kappa shape index (κ3) is 3.69. The smallest absolute Gasteiger partial charge is 0.349 e. The number of carbonyl (C=O) groups excluding carboxylic acids is 1. The van der Waals surface area contributed by atoms with Crippen molar-refractivity contribution in [3.8, 4) is 0 Å². The van der Waals surface area contributed by atoms with Gasteiger partial charge in [-0.3, -0.25) is 9.69 Å².